The van der Waals surface area contributed by atoms with Crippen LogP contribution in [0.2, 0.25) is 0 Å². The normalized spacial score (nSPS) is 11.3. The summed E-state index contributed by atoms with van der Waals surface area (Å²) >= 11 is 0. The van der Waals surface area contributed by atoms with Crippen LogP contribution in [0, 0.1) is 11.3 Å². The van der Waals surface area contributed by atoms with Crippen LogP contribution in [0.5, 0.6) is 0 Å². The van der Waals surface area contributed by atoms with Crippen molar-refractivity contribution in [2.45, 2.75) is 20.4 Å². The van der Waals surface area contributed by atoms with Crippen LogP contribution in [0.15, 0.2) is 36.0 Å². The Morgan fingerprint density at radius 1 is 1.40 bits per heavy atom. The second-order valence-electron chi connectivity index (χ2n) is 4.28. The average molecular weight is 268 g/mol. The van der Waals surface area contributed by atoms with Crippen LogP contribution in [-0.2, 0) is 16.1 Å². The highest BCUT2D eigenvalue weighted by Gasteiger charge is 2.12. The highest BCUT2D eigenvalue weighted by atomic mass is 16.5. The molecule has 0 spiro atoms. The first-order valence-electron chi connectivity index (χ1n) is 6.58. The number of hydrogen-bond donors (Lipinski definition) is 0. The average Bonchev–Trinajstić information content (AvgIpc) is 2.83. The summed E-state index contributed by atoms with van der Waals surface area (Å²) in [6, 6.07) is 9.82. The van der Waals surface area contributed by atoms with Gasteiger partial charge in [-0.15, -0.1) is 0 Å². The van der Waals surface area contributed by atoms with E-state index in [1.165, 1.54) is 0 Å². The fourth-order valence-corrected chi connectivity index (χ4v) is 2.15. The molecule has 4 heteroatoms. The van der Waals surface area contributed by atoms with Crippen molar-refractivity contribution < 1.29 is 9.53 Å². The molecular weight excluding hydrogens is 252 g/mol. The Bertz CT molecular complexity index is 705. The number of para-hydroxylation sites is 1. The van der Waals surface area contributed by atoms with E-state index in [4.69, 9.17) is 10.00 Å². The maximum absolute atomic E-state index is 11.7. The second-order valence-corrected chi connectivity index (χ2v) is 4.28. The van der Waals surface area contributed by atoms with Crippen LogP contribution >= 0.6 is 0 Å². The number of fused-ring (bicyclic) bond motifs is 1. The van der Waals surface area contributed by atoms with E-state index in [1.807, 2.05) is 36.5 Å². The number of hydrogen-bond acceptors (Lipinski definition) is 3. The number of nitrogens with zero attached hydrogens (tertiary/aromatic N) is 2. The van der Waals surface area contributed by atoms with E-state index >= 15 is 0 Å². The molecule has 0 bridgehead atoms. The Hall–Kier alpha value is -2.54. The Labute approximate surface area is 117 Å². The van der Waals surface area contributed by atoms with Crippen molar-refractivity contribution in [1.29, 1.82) is 5.26 Å². The van der Waals surface area contributed by atoms with Crippen molar-refractivity contribution in [3.8, 4) is 6.07 Å². The summed E-state index contributed by atoms with van der Waals surface area (Å²) in [7, 11) is 0. The first-order chi connectivity index (χ1) is 9.71. The standard InChI is InChI=1S/C16H16N2O2/c1-3-18-11-13(14-7-5-6-8-15(14)18)9-12(10-17)16(19)20-4-2/h5-9,11H,3-4H2,1-2H3/b12-9-. The Balaban J connectivity index is 2.53. The van der Waals surface area contributed by atoms with E-state index in [1.54, 1.807) is 13.0 Å². The summed E-state index contributed by atoms with van der Waals surface area (Å²) in [6.45, 7) is 4.86. The molecule has 0 saturated carbocycles. The lowest BCUT2D eigenvalue weighted by molar-refractivity contribution is -0.137. The number of benzene rings is 1. The largest absolute Gasteiger partial charge is 0.462 e. The van der Waals surface area contributed by atoms with Gasteiger partial charge >= 0.3 is 5.97 Å². The lowest BCUT2D eigenvalue weighted by Gasteiger charge is -1.98. The van der Waals surface area contributed by atoms with Gasteiger partial charge in [0, 0.05) is 29.2 Å². The van der Waals surface area contributed by atoms with Gasteiger partial charge in [-0.1, -0.05) is 18.2 Å². The molecule has 2 aromatic rings. The van der Waals surface area contributed by atoms with Crippen molar-refractivity contribution in [3.05, 3.63) is 41.6 Å². The molecule has 0 amide bonds. The molecule has 0 fully saturated rings. The van der Waals surface area contributed by atoms with Gasteiger partial charge in [-0.3, -0.25) is 0 Å². The number of aromatic nitrogens is 1. The lowest BCUT2D eigenvalue weighted by Crippen LogP contribution is -2.05. The van der Waals surface area contributed by atoms with E-state index in [0.29, 0.717) is 0 Å². The van der Waals surface area contributed by atoms with Gasteiger partial charge in [0.05, 0.1) is 6.61 Å². The molecule has 1 aromatic carbocycles. The number of aryl methyl sites for hydroxylation is 1. The zero-order valence-electron chi connectivity index (χ0n) is 11.6. The Morgan fingerprint density at radius 3 is 2.80 bits per heavy atom. The van der Waals surface area contributed by atoms with Crippen molar-refractivity contribution in [3.63, 3.8) is 0 Å². The molecule has 0 N–H and O–H groups in total. The molecule has 1 aromatic heterocycles. The summed E-state index contributed by atoms with van der Waals surface area (Å²) in [6.07, 6.45) is 3.54. The maximum Gasteiger partial charge on any atom is 0.348 e. The summed E-state index contributed by atoms with van der Waals surface area (Å²) in [5.74, 6) is -0.580. The van der Waals surface area contributed by atoms with Crippen molar-refractivity contribution in [2.24, 2.45) is 0 Å². The molecule has 0 unspecified atom stereocenters. The molecule has 0 aliphatic carbocycles. The van der Waals surface area contributed by atoms with E-state index < -0.39 is 5.97 Å². The summed E-state index contributed by atoms with van der Waals surface area (Å²) in [5.41, 5.74) is 1.96. The number of nitriles is 1. The van der Waals surface area contributed by atoms with Crippen LogP contribution in [0.1, 0.15) is 19.4 Å². The smallest absolute Gasteiger partial charge is 0.348 e. The number of esters is 1. The minimum atomic E-state index is -0.580. The van der Waals surface area contributed by atoms with Gasteiger partial charge in [0.2, 0.25) is 0 Å². The molecule has 0 saturated heterocycles. The first-order valence-corrected chi connectivity index (χ1v) is 6.58. The van der Waals surface area contributed by atoms with Crippen LogP contribution in [0.25, 0.3) is 17.0 Å². The maximum atomic E-state index is 11.7. The molecule has 0 aliphatic rings. The van der Waals surface area contributed by atoms with Gasteiger partial charge in [0.1, 0.15) is 11.6 Å². The zero-order chi connectivity index (χ0) is 14.5. The number of carbonyl (C=O) groups is 1. The Morgan fingerprint density at radius 2 is 2.15 bits per heavy atom. The molecule has 0 aliphatic heterocycles. The monoisotopic (exact) mass is 268 g/mol. The number of carbonyl (C=O) groups excluding carboxylic acids is 1. The fraction of sp³-hybridized carbons (Fsp3) is 0.250. The predicted octanol–water partition coefficient (Wildman–Crippen LogP) is 3.13. The second kappa shape index (κ2) is 6.07. The molecular formula is C16H16N2O2. The van der Waals surface area contributed by atoms with Gasteiger partial charge in [-0.2, -0.15) is 5.26 Å². The predicted molar refractivity (Wildman–Crippen MR) is 77.8 cm³/mol. The first kappa shape index (κ1) is 13.9. The van der Waals surface area contributed by atoms with Crippen LogP contribution in [-0.4, -0.2) is 17.1 Å². The zero-order valence-corrected chi connectivity index (χ0v) is 11.6. The third-order valence-corrected chi connectivity index (χ3v) is 3.08. The third kappa shape index (κ3) is 2.57. The van der Waals surface area contributed by atoms with Crippen molar-refractivity contribution in [1.82, 2.24) is 4.57 Å². The van der Waals surface area contributed by atoms with E-state index in [2.05, 4.69) is 11.5 Å². The quantitative estimate of drug-likeness (QED) is 0.486. The van der Waals surface area contributed by atoms with Crippen LogP contribution in [0.3, 0.4) is 0 Å². The summed E-state index contributed by atoms with van der Waals surface area (Å²) < 4.78 is 6.96. The summed E-state index contributed by atoms with van der Waals surface area (Å²) in [5, 5.41) is 10.1. The van der Waals surface area contributed by atoms with Gasteiger partial charge < -0.3 is 9.30 Å². The molecule has 4 nitrogen and oxygen atoms in total. The molecule has 102 valence electrons. The topological polar surface area (TPSA) is 55.0 Å². The minimum Gasteiger partial charge on any atom is -0.462 e. The van der Waals surface area contributed by atoms with Crippen molar-refractivity contribution in [2.75, 3.05) is 6.61 Å². The number of rotatable bonds is 4. The SMILES string of the molecule is CCOC(=O)/C(C#N)=C\c1cn(CC)c2ccccc12. The van der Waals surface area contributed by atoms with Gasteiger partial charge in [-0.05, 0) is 26.0 Å². The lowest BCUT2D eigenvalue weighted by atomic mass is 10.1. The fourth-order valence-electron chi connectivity index (χ4n) is 2.15. The molecule has 1 heterocycles. The molecule has 20 heavy (non-hydrogen) atoms. The van der Waals surface area contributed by atoms with E-state index in [-0.39, 0.29) is 12.2 Å². The van der Waals surface area contributed by atoms with Crippen LogP contribution in [0.4, 0.5) is 0 Å². The molecule has 2 rings (SSSR count). The highest BCUT2D eigenvalue weighted by molar-refractivity contribution is 6.01. The summed E-state index contributed by atoms with van der Waals surface area (Å²) in [4.78, 5) is 11.7. The van der Waals surface area contributed by atoms with Crippen molar-refractivity contribution >= 4 is 22.9 Å². The Kier molecular flexibility index (Phi) is 4.21. The third-order valence-electron chi connectivity index (χ3n) is 3.08. The highest BCUT2D eigenvalue weighted by Crippen LogP contribution is 2.23. The van der Waals surface area contributed by atoms with Gasteiger partial charge in [0.15, 0.2) is 0 Å². The number of ether oxygens (including phenoxy) is 1. The van der Waals surface area contributed by atoms with E-state index in [0.717, 1.165) is 23.0 Å². The van der Waals surface area contributed by atoms with Crippen LogP contribution < -0.4 is 0 Å². The minimum absolute atomic E-state index is 0.0193. The van der Waals surface area contributed by atoms with Gasteiger partial charge in [0.25, 0.3) is 0 Å². The molecule has 0 atom stereocenters. The van der Waals surface area contributed by atoms with E-state index in [9.17, 15) is 4.79 Å². The van der Waals surface area contributed by atoms with Gasteiger partial charge in [-0.25, -0.2) is 4.79 Å². The molecule has 0 radical (unpaired) electrons.